The minimum Gasteiger partial charge on any atom is -0.325 e. The average molecular weight is 388 g/mol. The first-order valence-corrected chi connectivity index (χ1v) is 10.0. The van der Waals surface area contributed by atoms with Gasteiger partial charge in [0.1, 0.15) is 5.03 Å². The maximum absolute atomic E-state index is 12.3. The van der Waals surface area contributed by atoms with Crippen LogP contribution in [0.2, 0.25) is 0 Å². The lowest BCUT2D eigenvalue weighted by molar-refractivity contribution is -0.113. The standard InChI is InChI=1S/C22H20N4OS/c1-15-13-20(28-14-19(27)24-18-11-7-4-8-12-18)26-22(23-15)21(16(2)25-26)17-9-5-3-6-10-17/h3-13H,14H2,1-2H3,(H,24,27). The summed E-state index contributed by atoms with van der Waals surface area (Å²) in [5.41, 5.74) is 5.54. The molecule has 0 saturated heterocycles. The number of aromatic nitrogens is 3. The van der Waals surface area contributed by atoms with E-state index in [1.807, 2.05) is 73.0 Å². The van der Waals surface area contributed by atoms with Crippen molar-refractivity contribution in [3.8, 4) is 11.1 Å². The molecule has 2 aromatic heterocycles. The predicted molar refractivity (Wildman–Crippen MR) is 114 cm³/mol. The third-order valence-electron chi connectivity index (χ3n) is 4.33. The minimum atomic E-state index is -0.0500. The summed E-state index contributed by atoms with van der Waals surface area (Å²) in [5.74, 6) is 0.249. The molecule has 4 rings (SSSR count). The summed E-state index contributed by atoms with van der Waals surface area (Å²) in [4.78, 5) is 17.0. The number of carbonyl (C=O) groups excluding carboxylic acids is 1. The normalized spacial score (nSPS) is 10.9. The van der Waals surface area contributed by atoms with Crippen LogP contribution < -0.4 is 5.32 Å². The highest BCUT2D eigenvalue weighted by Crippen LogP contribution is 2.30. The van der Waals surface area contributed by atoms with E-state index in [2.05, 4.69) is 17.4 Å². The van der Waals surface area contributed by atoms with Crippen LogP contribution in [-0.4, -0.2) is 26.3 Å². The van der Waals surface area contributed by atoms with Crippen LogP contribution in [0, 0.1) is 13.8 Å². The van der Waals surface area contributed by atoms with Gasteiger partial charge in [0.25, 0.3) is 0 Å². The van der Waals surface area contributed by atoms with E-state index < -0.39 is 0 Å². The molecule has 2 heterocycles. The van der Waals surface area contributed by atoms with Crippen molar-refractivity contribution >= 4 is 29.0 Å². The zero-order chi connectivity index (χ0) is 19.5. The first kappa shape index (κ1) is 18.3. The summed E-state index contributed by atoms with van der Waals surface area (Å²) in [5, 5.41) is 8.51. The van der Waals surface area contributed by atoms with Crippen LogP contribution >= 0.6 is 11.8 Å². The third kappa shape index (κ3) is 3.77. The van der Waals surface area contributed by atoms with Gasteiger partial charge in [-0.05, 0) is 37.6 Å². The Balaban J connectivity index is 1.62. The molecule has 140 valence electrons. The molecule has 1 N–H and O–H groups in total. The number of hydrogen-bond acceptors (Lipinski definition) is 4. The van der Waals surface area contributed by atoms with E-state index in [0.29, 0.717) is 5.75 Å². The highest BCUT2D eigenvalue weighted by Gasteiger charge is 2.16. The molecule has 0 bridgehead atoms. The van der Waals surface area contributed by atoms with Gasteiger partial charge in [0.2, 0.25) is 5.91 Å². The maximum atomic E-state index is 12.3. The zero-order valence-electron chi connectivity index (χ0n) is 15.7. The number of rotatable bonds is 5. The van der Waals surface area contributed by atoms with Crippen LogP contribution in [0.25, 0.3) is 16.8 Å². The van der Waals surface area contributed by atoms with Crippen molar-refractivity contribution in [2.75, 3.05) is 11.1 Å². The van der Waals surface area contributed by atoms with Crippen LogP contribution in [0.3, 0.4) is 0 Å². The van der Waals surface area contributed by atoms with E-state index >= 15 is 0 Å². The third-order valence-corrected chi connectivity index (χ3v) is 5.32. The molecule has 0 radical (unpaired) electrons. The summed E-state index contributed by atoms with van der Waals surface area (Å²) in [6.07, 6.45) is 0. The highest BCUT2D eigenvalue weighted by molar-refractivity contribution is 7.99. The van der Waals surface area contributed by atoms with E-state index in [1.165, 1.54) is 11.8 Å². The van der Waals surface area contributed by atoms with Gasteiger partial charge >= 0.3 is 0 Å². The lowest BCUT2D eigenvalue weighted by Crippen LogP contribution is -2.14. The monoisotopic (exact) mass is 388 g/mol. The molecule has 0 saturated carbocycles. The van der Waals surface area contributed by atoms with Crippen LogP contribution in [0.5, 0.6) is 0 Å². The Hall–Kier alpha value is -3.12. The molecule has 0 aliphatic rings. The number of carbonyl (C=O) groups is 1. The second-order valence-electron chi connectivity index (χ2n) is 6.50. The Bertz CT molecular complexity index is 1120. The number of fused-ring (bicyclic) bond motifs is 1. The van der Waals surface area contributed by atoms with Gasteiger partial charge in [-0.1, -0.05) is 60.3 Å². The fourth-order valence-electron chi connectivity index (χ4n) is 3.11. The number of amides is 1. The molecule has 0 fully saturated rings. The Morgan fingerprint density at radius 1 is 1.04 bits per heavy atom. The van der Waals surface area contributed by atoms with Crippen molar-refractivity contribution in [2.45, 2.75) is 18.9 Å². The predicted octanol–water partition coefficient (Wildman–Crippen LogP) is 4.74. The van der Waals surface area contributed by atoms with Crippen molar-refractivity contribution < 1.29 is 4.79 Å². The number of benzene rings is 2. The van der Waals surface area contributed by atoms with Crippen molar-refractivity contribution in [1.29, 1.82) is 0 Å². The molecule has 28 heavy (non-hydrogen) atoms. The molecule has 1 amide bonds. The van der Waals surface area contributed by atoms with Gasteiger partial charge in [-0.15, -0.1) is 0 Å². The lowest BCUT2D eigenvalue weighted by Gasteiger charge is -2.08. The molecular weight excluding hydrogens is 368 g/mol. The summed E-state index contributed by atoms with van der Waals surface area (Å²) in [6, 6.07) is 21.6. The second-order valence-corrected chi connectivity index (χ2v) is 7.50. The summed E-state index contributed by atoms with van der Waals surface area (Å²) in [7, 11) is 0. The van der Waals surface area contributed by atoms with E-state index in [4.69, 9.17) is 10.1 Å². The van der Waals surface area contributed by atoms with Gasteiger partial charge in [0.05, 0.1) is 11.4 Å². The van der Waals surface area contributed by atoms with E-state index in [-0.39, 0.29) is 5.91 Å². The quantitative estimate of drug-likeness (QED) is 0.396. The van der Waals surface area contributed by atoms with Crippen molar-refractivity contribution in [3.05, 3.63) is 78.1 Å². The fraction of sp³-hybridized carbons (Fsp3) is 0.136. The van der Waals surface area contributed by atoms with Crippen molar-refractivity contribution in [3.63, 3.8) is 0 Å². The molecule has 0 aliphatic carbocycles. The second kappa shape index (κ2) is 7.86. The summed E-state index contributed by atoms with van der Waals surface area (Å²) >= 11 is 1.46. The SMILES string of the molecule is Cc1cc(SCC(=O)Nc2ccccc2)n2nc(C)c(-c3ccccc3)c2n1. The minimum absolute atomic E-state index is 0.0500. The van der Waals surface area contributed by atoms with Crippen LogP contribution in [0.1, 0.15) is 11.4 Å². The Kier molecular flexibility index (Phi) is 5.12. The molecule has 6 heteroatoms. The van der Waals surface area contributed by atoms with E-state index in [9.17, 15) is 4.79 Å². The van der Waals surface area contributed by atoms with Gasteiger partial charge in [0, 0.05) is 16.9 Å². The Morgan fingerprint density at radius 3 is 2.43 bits per heavy atom. The topological polar surface area (TPSA) is 59.3 Å². The molecule has 4 aromatic rings. The van der Waals surface area contributed by atoms with Crippen LogP contribution in [0.4, 0.5) is 5.69 Å². The first-order chi connectivity index (χ1) is 13.6. The number of aryl methyl sites for hydroxylation is 2. The number of nitrogens with zero attached hydrogens (tertiary/aromatic N) is 3. The van der Waals surface area contributed by atoms with Gasteiger partial charge in [0.15, 0.2) is 5.65 Å². The number of anilines is 1. The van der Waals surface area contributed by atoms with Gasteiger partial charge in [-0.2, -0.15) is 5.10 Å². The number of nitrogens with one attached hydrogen (secondary N) is 1. The number of hydrogen-bond donors (Lipinski definition) is 1. The van der Waals surface area contributed by atoms with Gasteiger partial charge in [-0.3, -0.25) is 4.79 Å². The number of thioether (sulfide) groups is 1. The summed E-state index contributed by atoms with van der Waals surface area (Å²) in [6.45, 7) is 3.95. The summed E-state index contributed by atoms with van der Waals surface area (Å²) < 4.78 is 1.84. The lowest BCUT2D eigenvalue weighted by atomic mass is 10.1. The van der Waals surface area contributed by atoms with Crippen LogP contribution in [-0.2, 0) is 4.79 Å². The highest BCUT2D eigenvalue weighted by atomic mass is 32.2. The molecule has 2 aromatic carbocycles. The largest absolute Gasteiger partial charge is 0.325 e. The molecule has 5 nitrogen and oxygen atoms in total. The van der Waals surface area contributed by atoms with Crippen LogP contribution in [0.15, 0.2) is 71.8 Å². The molecule has 0 atom stereocenters. The van der Waals surface area contributed by atoms with Crippen molar-refractivity contribution in [1.82, 2.24) is 14.6 Å². The number of para-hydroxylation sites is 1. The molecular formula is C22H20N4OS. The molecule has 0 spiro atoms. The Labute approximate surface area is 167 Å². The average Bonchev–Trinajstić information content (AvgIpc) is 3.03. The Morgan fingerprint density at radius 2 is 1.71 bits per heavy atom. The fourth-order valence-corrected chi connectivity index (χ4v) is 3.97. The van der Waals surface area contributed by atoms with E-state index in [1.54, 1.807) is 0 Å². The molecule has 0 aliphatic heterocycles. The molecule has 0 unspecified atom stereocenters. The van der Waals surface area contributed by atoms with Gasteiger partial charge < -0.3 is 5.32 Å². The first-order valence-electron chi connectivity index (χ1n) is 9.02. The zero-order valence-corrected chi connectivity index (χ0v) is 16.5. The smallest absolute Gasteiger partial charge is 0.234 e. The van der Waals surface area contributed by atoms with Crippen molar-refractivity contribution in [2.24, 2.45) is 0 Å². The van der Waals surface area contributed by atoms with Gasteiger partial charge in [-0.25, -0.2) is 9.50 Å². The van der Waals surface area contributed by atoms with E-state index in [0.717, 1.165) is 38.9 Å². The maximum Gasteiger partial charge on any atom is 0.234 e.